The number of benzene rings is 1. The van der Waals surface area contributed by atoms with Crippen molar-refractivity contribution in [2.75, 3.05) is 31.1 Å². The normalized spacial score (nSPS) is 14.4. The molecule has 2 aromatic heterocycles. The molecule has 1 saturated heterocycles. The van der Waals surface area contributed by atoms with Crippen molar-refractivity contribution < 1.29 is 19.0 Å². The number of pyridine rings is 1. The average Bonchev–Trinajstić information content (AvgIpc) is 3.11. The van der Waals surface area contributed by atoms with Gasteiger partial charge in [0.15, 0.2) is 0 Å². The number of aromatic nitrogens is 2. The summed E-state index contributed by atoms with van der Waals surface area (Å²) in [6, 6.07) is 10.2. The van der Waals surface area contributed by atoms with Crippen LogP contribution >= 0.6 is 0 Å². The molecule has 0 spiro atoms. The highest BCUT2D eigenvalue weighted by molar-refractivity contribution is 5.94. The van der Waals surface area contributed by atoms with Crippen LogP contribution in [0.5, 0.6) is 0 Å². The molecule has 0 unspecified atom stereocenters. The van der Waals surface area contributed by atoms with Gasteiger partial charge in [0.1, 0.15) is 17.2 Å². The molecule has 1 N–H and O–H groups in total. The van der Waals surface area contributed by atoms with Crippen LogP contribution in [0, 0.1) is 5.82 Å². The third-order valence-electron chi connectivity index (χ3n) is 5.97. The molecule has 7 nitrogen and oxygen atoms in total. The molecule has 0 saturated carbocycles. The molecule has 4 rings (SSSR count). The second kappa shape index (κ2) is 9.46. The summed E-state index contributed by atoms with van der Waals surface area (Å²) < 4.78 is 21.2. The summed E-state index contributed by atoms with van der Waals surface area (Å²) in [6.45, 7) is 7.69. The molecule has 3 aromatic rings. The van der Waals surface area contributed by atoms with Gasteiger partial charge < -0.3 is 24.2 Å². The molecule has 0 bridgehead atoms. The summed E-state index contributed by atoms with van der Waals surface area (Å²) in [6.07, 6.45) is 3.16. The SMILES string of the molecule is Cn1c(CO)c(-c2ccc(F)cc2)c(-c2ccncc2)c1N1CCN(C(=O)OC(C)(C)C)CC1. The third kappa shape index (κ3) is 4.77. The van der Waals surface area contributed by atoms with Crippen LogP contribution in [0.15, 0.2) is 48.8 Å². The molecule has 180 valence electrons. The smallest absolute Gasteiger partial charge is 0.410 e. The van der Waals surface area contributed by atoms with E-state index in [1.807, 2.05) is 44.5 Å². The zero-order valence-electron chi connectivity index (χ0n) is 20.1. The Kier molecular flexibility index (Phi) is 6.61. The van der Waals surface area contributed by atoms with Gasteiger partial charge in [-0.3, -0.25) is 4.98 Å². The van der Waals surface area contributed by atoms with Crippen LogP contribution in [0.25, 0.3) is 22.3 Å². The Balaban J connectivity index is 1.75. The van der Waals surface area contributed by atoms with Crippen LogP contribution in [-0.4, -0.2) is 57.4 Å². The van der Waals surface area contributed by atoms with Crippen molar-refractivity contribution in [1.82, 2.24) is 14.5 Å². The molecule has 34 heavy (non-hydrogen) atoms. The van der Waals surface area contributed by atoms with E-state index < -0.39 is 5.60 Å². The van der Waals surface area contributed by atoms with Crippen LogP contribution < -0.4 is 4.90 Å². The monoisotopic (exact) mass is 466 g/mol. The highest BCUT2D eigenvalue weighted by Crippen LogP contribution is 2.44. The van der Waals surface area contributed by atoms with Crippen LogP contribution in [-0.2, 0) is 18.4 Å². The highest BCUT2D eigenvalue weighted by Gasteiger charge is 2.31. The zero-order valence-corrected chi connectivity index (χ0v) is 20.1. The first kappa shape index (κ1) is 23.8. The van der Waals surface area contributed by atoms with Crippen molar-refractivity contribution in [3.63, 3.8) is 0 Å². The number of piperazine rings is 1. The molecular formula is C26H31FN4O3. The van der Waals surface area contributed by atoms with Crippen molar-refractivity contribution in [2.24, 2.45) is 7.05 Å². The summed E-state index contributed by atoms with van der Waals surface area (Å²) in [5, 5.41) is 10.3. The number of rotatable bonds is 4. The Bertz CT molecular complexity index is 1150. The number of aliphatic hydroxyl groups is 1. The van der Waals surface area contributed by atoms with E-state index in [9.17, 15) is 14.3 Å². The van der Waals surface area contributed by atoms with Gasteiger partial charge in [-0.2, -0.15) is 0 Å². The molecule has 1 aliphatic heterocycles. The fourth-order valence-electron chi connectivity index (χ4n) is 4.42. The molecular weight excluding hydrogens is 435 g/mol. The average molecular weight is 467 g/mol. The Morgan fingerprint density at radius 3 is 2.15 bits per heavy atom. The molecule has 1 aliphatic rings. The van der Waals surface area contributed by atoms with Gasteiger partial charge in [-0.05, 0) is 56.2 Å². The number of nitrogens with zero attached hydrogens (tertiary/aromatic N) is 4. The number of aliphatic hydroxyl groups excluding tert-OH is 1. The number of carbonyl (C=O) groups excluding carboxylic acids is 1. The maximum atomic E-state index is 13.7. The maximum Gasteiger partial charge on any atom is 0.410 e. The zero-order chi connectivity index (χ0) is 24.5. The number of amides is 1. The second-order valence-electron chi connectivity index (χ2n) is 9.43. The molecule has 1 fully saturated rings. The van der Waals surface area contributed by atoms with Crippen molar-refractivity contribution in [1.29, 1.82) is 0 Å². The summed E-state index contributed by atoms with van der Waals surface area (Å²) >= 11 is 0. The minimum atomic E-state index is -0.541. The summed E-state index contributed by atoms with van der Waals surface area (Å²) in [7, 11) is 1.93. The molecule has 1 amide bonds. The van der Waals surface area contributed by atoms with Crippen molar-refractivity contribution in [2.45, 2.75) is 33.0 Å². The van der Waals surface area contributed by atoms with E-state index in [1.54, 1.807) is 29.4 Å². The van der Waals surface area contributed by atoms with Gasteiger partial charge >= 0.3 is 6.09 Å². The predicted molar refractivity (Wildman–Crippen MR) is 130 cm³/mol. The minimum Gasteiger partial charge on any atom is -0.444 e. The van der Waals surface area contributed by atoms with Gasteiger partial charge in [-0.25, -0.2) is 9.18 Å². The summed E-state index contributed by atoms with van der Waals surface area (Å²) in [4.78, 5) is 20.6. The number of carbonyl (C=O) groups is 1. The van der Waals surface area contributed by atoms with Gasteiger partial charge in [0.05, 0.1) is 12.3 Å². The first-order valence-corrected chi connectivity index (χ1v) is 11.4. The van der Waals surface area contributed by atoms with Gasteiger partial charge in [-0.1, -0.05) is 12.1 Å². The van der Waals surface area contributed by atoms with Crippen LogP contribution in [0.4, 0.5) is 15.0 Å². The lowest BCUT2D eigenvalue weighted by Crippen LogP contribution is -2.50. The first-order valence-electron chi connectivity index (χ1n) is 11.4. The molecule has 1 aromatic carbocycles. The largest absolute Gasteiger partial charge is 0.444 e. The Hall–Kier alpha value is -3.39. The number of halogens is 1. The standard InChI is InChI=1S/C26H31FN4O3/c1-26(2,3)34-25(33)31-15-13-30(14-16-31)24-23(19-9-11-28-12-10-19)22(21(17-32)29(24)4)18-5-7-20(27)8-6-18/h5-12,32H,13-17H2,1-4H3. The number of anilines is 1. The second-order valence-corrected chi connectivity index (χ2v) is 9.43. The fraction of sp³-hybridized carbons (Fsp3) is 0.385. The van der Waals surface area contributed by atoms with E-state index in [1.165, 1.54) is 12.1 Å². The van der Waals surface area contributed by atoms with Crippen molar-refractivity contribution in [3.05, 3.63) is 60.3 Å². The minimum absolute atomic E-state index is 0.167. The van der Waals surface area contributed by atoms with E-state index in [2.05, 4.69) is 9.88 Å². The lowest BCUT2D eigenvalue weighted by molar-refractivity contribution is 0.0240. The molecule has 0 radical (unpaired) electrons. The maximum absolute atomic E-state index is 13.7. The van der Waals surface area contributed by atoms with E-state index in [0.717, 1.165) is 33.8 Å². The molecule has 0 aliphatic carbocycles. The Morgan fingerprint density at radius 2 is 1.59 bits per heavy atom. The van der Waals surface area contributed by atoms with Gasteiger partial charge in [0.2, 0.25) is 0 Å². The van der Waals surface area contributed by atoms with Crippen LogP contribution in [0.1, 0.15) is 26.5 Å². The number of ether oxygens (including phenoxy) is 1. The molecule has 8 heteroatoms. The number of hydrogen-bond donors (Lipinski definition) is 1. The third-order valence-corrected chi connectivity index (χ3v) is 5.97. The van der Waals surface area contributed by atoms with E-state index in [-0.39, 0.29) is 18.5 Å². The van der Waals surface area contributed by atoms with Gasteiger partial charge in [-0.15, -0.1) is 0 Å². The predicted octanol–water partition coefficient (Wildman–Crippen LogP) is 4.44. The Morgan fingerprint density at radius 1 is 1.00 bits per heavy atom. The topological polar surface area (TPSA) is 70.8 Å². The number of hydrogen-bond acceptors (Lipinski definition) is 5. The first-order chi connectivity index (χ1) is 16.2. The lowest BCUT2D eigenvalue weighted by Gasteiger charge is -2.37. The van der Waals surface area contributed by atoms with Gasteiger partial charge in [0.25, 0.3) is 0 Å². The molecule has 3 heterocycles. The highest BCUT2D eigenvalue weighted by atomic mass is 19.1. The van der Waals surface area contributed by atoms with Gasteiger partial charge in [0, 0.05) is 56.7 Å². The van der Waals surface area contributed by atoms with E-state index in [0.29, 0.717) is 26.2 Å². The quantitative estimate of drug-likeness (QED) is 0.616. The van der Waals surface area contributed by atoms with Crippen LogP contribution in [0.2, 0.25) is 0 Å². The van der Waals surface area contributed by atoms with Crippen LogP contribution in [0.3, 0.4) is 0 Å². The summed E-state index contributed by atoms with van der Waals surface area (Å²) in [5.74, 6) is 0.632. The van der Waals surface area contributed by atoms with Crippen molar-refractivity contribution in [3.8, 4) is 22.3 Å². The van der Waals surface area contributed by atoms with Crippen molar-refractivity contribution >= 4 is 11.9 Å². The summed E-state index contributed by atoms with van der Waals surface area (Å²) in [5.41, 5.74) is 3.79. The fourth-order valence-corrected chi connectivity index (χ4v) is 4.42. The van der Waals surface area contributed by atoms with E-state index >= 15 is 0 Å². The molecule has 0 atom stereocenters. The van der Waals surface area contributed by atoms with E-state index in [4.69, 9.17) is 4.74 Å². The Labute approximate surface area is 199 Å². The lowest BCUT2D eigenvalue weighted by atomic mass is 9.96.